The number of nitrogens with one attached hydrogen (secondary N) is 3. The van der Waals surface area contributed by atoms with Gasteiger partial charge in [0, 0.05) is 12.6 Å². The van der Waals surface area contributed by atoms with Gasteiger partial charge in [-0.25, -0.2) is 9.78 Å². The summed E-state index contributed by atoms with van der Waals surface area (Å²) in [5.74, 6) is 0.311. The summed E-state index contributed by atoms with van der Waals surface area (Å²) < 4.78 is 0. The quantitative estimate of drug-likeness (QED) is 0.741. The number of H-pyrrole nitrogens is 1. The number of hydrogen-bond acceptors (Lipinski definition) is 3. The molecule has 17 heavy (non-hydrogen) atoms. The third-order valence-corrected chi connectivity index (χ3v) is 2.12. The van der Waals surface area contributed by atoms with Crippen LogP contribution in [0.3, 0.4) is 0 Å². The van der Waals surface area contributed by atoms with Crippen LogP contribution in [0.5, 0.6) is 0 Å². The number of carbonyl (C=O) groups is 1. The van der Waals surface area contributed by atoms with Crippen molar-refractivity contribution < 1.29 is 4.79 Å². The molecule has 0 aliphatic carbocycles. The Morgan fingerprint density at radius 2 is 2.24 bits per heavy atom. The Bertz CT molecular complexity index is 439. The van der Waals surface area contributed by atoms with E-state index >= 15 is 0 Å². The molecule has 0 bridgehead atoms. The van der Waals surface area contributed by atoms with E-state index in [1.807, 2.05) is 20.8 Å². The Hall–Kier alpha value is -1.85. The third kappa shape index (κ3) is 4.26. The molecule has 0 saturated carbocycles. The number of carbonyl (C=O) groups excluding carboxylic acids is 1. The molecule has 6 heteroatoms. The maximum atomic E-state index is 11.4. The SMILES string of the molecule is CCCNC(=O)Nc1nc(C(C)C)cc(=O)[nH]1. The van der Waals surface area contributed by atoms with Gasteiger partial charge in [-0.15, -0.1) is 0 Å². The smallest absolute Gasteiger partial charge is 0.321 e. The van der Waals surface area contributed by atoms with E-state index in [0.29, 0.717) is 12.2 Å². The summed E-state index contributed by atoms with van der Waals surface area (Å²) in [5.41, 5.74) is 0.383. The fourth-order valence-corrected chi connectivity index (χ4v) is 1.22. The van der Waals surface area contributed by atoms with Gasteiger partial charge in [0.1, 0.15) is 0 Å². The van der Waals surface area contributed by atoms with Gasteiger partial charge in [-0.3, -0.25) is 15.1 Å². The topological polar surface area (TPSA) is 86.9 Å². The molecule has 1 rings (SSSR count). The van der Waals surface area contributed by atoms with Crippen molar-refractivity contribution in [1.82, 2.24) is 15.3 Å². The Labute approximate surface area is 99.8 Å². The Balaban J connectivity index is 2.77. The number of hydrogen-bond donors (Lipinski definition) is 3. The van der Waals surface area contributed by atoms with E-state index in [4.69, 9.17) is 0 Å². The molecule has 0 atom stereocenters. The molecule has 2 amide bonds. The van der Waals surface area contributed by atoms with Crippen molar-refractivity contribution in [1.29, 1.82) is 0 Å². The predicted octanol–water partition coefficient (Wildman–Crippen LogP) is 1.42. The molecule has 0 unspecified atom stereocenters. The maximum Gasteiger partial charge on any atom is 0.321 e. The lowest BCUT2D eigenvalue weighted by molar-refractivity contribution is 0.252. The predicted molar refractivity (Wildman–Crippen MR) is 66.3 cm³/mol. The van der Waals surface area contributed by atoms with Crippen molar-refractivity contribution in [3.8, 4) is 0 Å². The second kappa shape index (κ2) is 6.03. The van der Waals surface area contributed by atoms with E-state index in [1.54, 1.807) is 0 Å². The summed E-state index contributed by atoms with van der Waals surface area (Å²) >= 11 is 0. The number of anilines is 1. The Morgan fingerprint density at radius 1 is 1.53 bits per heavy atom. The lowest BCUT2D eigenvalue weighted by atomic mass is 10.1. The van der Waals surface area contributed by atoms with E-state index in [2.05, 4.69) is 20.6 Å². The van der Waals surface area contributed by atoms with Crippen LogP contribution >= 0.6 is 0 Å². The van der Waals surface area contributed by atoms with Crippen LogP contribution < -0.4 is 16.2 Å². The second-order valence-corrected chi connectivity index (χ2v) is 4.05. The first-order valence-electron chi connectivity index (χ1n) is 5.69. The first-order valence-corrected chi connectivity index (χ1v) is 5.69. The van der Waals surface area contributed by atoms with Crippen LogP contribution in [-0.4, -0.2) is 22.5 Å². The van der Waals surface area contributed by atoms with E-state index in [0.717, 1.165) is 6.42 Å². The highest BCUT2D eigenvalue weighted by Crippen LogP contribution is 2.09. The van der Waals surface area contributed by atoms with Crippen LogP contribution in [0.15, 0.2) is 10.9 Å². The number of nitrogens with zero attached hydrogens (tertiary/aromatic N) is 1. The molecule has 0 aliphatic rings. The van der Waals surface area contributed by atoms with Crippen molar-refractivity contribution in [2.45, 2.75) is 33.1 Å². The molecular weight excluding hydrogens is 220 g/mol. The zero-order valence-corrected chi connectivity index (χ0v) is 10.3. The van der Waals surface area contributed by atoms with Crippen molar-refractivity contribution in [3.05, 3.63) is 22.1 Å². The Morgan fingerprint density at radius 3 is 2.82 bits per heavy atom. The average molecular weight is 238 g/mol. The highest BCUT2D eigenvalue weighted by Gasteiger charge is 2.07. The second-order valence-electron chi connectivity index (χ2n) is 4.05. The lowest BCUT2D eigenvalue weighted by Gasteiger charge is -2.08. The van der Waals surface area contributed by atoms with Crippen LogP contribution in [0.2, 0.25) is 0 Å². The van der Waals surface area contributed by atoms with Crippen LogP contribution in [0.1, 0.15) is 38.8 Å². The third-order valence-electron chi connectivity index (χ3n) is 2.12. The zero-order valence-electron chi connectivity index (χ0n) is 10.3. The molecule has 1 aromatic rings. The molecule has 94 valence electrons. The highest BCUT2D eigenvalue weighted by atomic mass is 16.2. The molecule has 6 nitrogen and oxygen atoms in total. The average Bonchev–Trinajstić information content (AvgIpc) is 2.25. The molecule has 0 fully saturated rings. The maximum absolute atomic E-state index is 11.4. The Kier molecular flexibility index (Phi) is 4.68. The number of aromatic amines is 1. The summed E-state index contributed by atoms with van der Waals surface area (Å²) in [6.07, 6.45) is 0.851. The first kappa shape index (κ1) is 13.2. The van der Waals surface area contributed by atoms with Gasteiger partial charge in [0.15, 0.2) is 0 Å². The molecule has 1 aromatic heterocycles. The van der Waals surface area contributed by atoms with Gasteiger partial charge in [-0.05, 0) is 12.3 Å². The molecule has 0 spiro atoms. The minimum absolute atomic E-state index is 0.136. The van der Waals surface area contributed by atoms with Gasteiger partial charge in [0.2, 0.25) is 5.95 Å². The van der Waals surface area contributed by atoms with Crippen LogP contribution in [-0.2, 0) is 0 Å². The summed E-state index contributed by atoms with van der Waals surface area (Å²) in [5, 5.41) is 5.13. The van der Waals surface area contributed by atoms with Gasteiger partial charge in [0.25, 0.3) is 5.56 Å². The van der Waals surface area contributed by atoms with Crippen LogP contribution in [0, 0.1) is 0 Å². The number of amides is 2. The molecule has 0 aromatic carbocycles. The van der Waals surface area contributed by atoms with Gasteiger partial charge in [0.05, 0.1) is 5.69 Å². The highest BCUT2D eigenvalue weighted by molar-refractivity contribution is 5.87. The monoisotopic (exact) mass is 238 g/mol. The van der Waals surface area contributed by atoms with Crippen molar-refractivity contribution in [2.24, 2.45) is 0 Å². The minimum atomic E-state index is -0.365. The van der Waals surface area contributed by atoms with Gasteiger partial charge >= 0.3 is 6.03 Å². The zero-order chi connectivity index (χ0) is 12.8. The number of aromatic nitrogens is 2. The van der Waals surface area contributed by atoms with E-state index in [9.17, 15) is 9.59 Å². The van der Waals surface area contributed by atoms with Crippen molar-refractivity contribution >= 4 is 12.0 Å². The summed E-state index contributed by atoms with van der Waals surface area (Å²) in [4.78, 5) is 29.3. The van der Waals surface area contributed by atoms with E-state index in [-0.39, 0.29) is 23.5 Å². The molecule has 0 radical (unpaired) electrons. The van der Waals surface area contributed by atoms with Crippen molar-refractivity contribution in [3.63, 3.8) is 0 Å². The summed E-state index contributed by atoms with van der Waals surface area (Å²) in [6, 6.07) is 1.07. The standard InChI is InChI=1S/C11H18N4O2/c1-4-5-12-11(17)15-10-13-8(7(2)3)6-9(16)14-10/h6-7H,4-5H2,1-3H3,(H3,12,13,14,15,16,17). The fraction of sp³-hybridized carbons (Fsp3) is 0.545. The molecule has 3 N–H and O–H groups in total. The van der Waals surface area contributed by atoms with Crippen LogP contribution in [0.4, 0.5) is 10.7 Å². The minimum Gasteiger partial charge on any atom is -0.338 e. The number of rotatable bonds is 4. The first-order chi connectivity index (χ1) is 8.02. The molecule has 1 heterocycles. The van der Waals surface area contributed by atoms with Gasteiger partial charge in [-0.1, -0.05) is 20.8 Å². The molecule has 0 saturated heterocycles. The largest absolute Gasteiger partial charge is 0.338 e. The summed E-state index contributed by atoms with van der Waals surface area (Å²) in [7, 11) is 0. The van der Waals surface area contributed by atoms with Crippen LogP contribution in [0.25, 0.3) is 0 Å². The van der Waals surface area contributed by atoms with Crippen molar-refractivity contribution in [2.75, 3.05) is 11.9 Å². The normalized spacial score (nSPS) is 10.4. The van der Waals surface area contributed by atoms with Gasteiger partial charge < -0.3 is 5.32 Å². The van der Waals surface area contributed by atoms with Gasteiger partial charge in [-0.2, -0.15) is 0 Å². The fourth-order valence-electron chi connectivity index (χ4n) is 1.22. The summed E-state index contributed by atoms with van der Waals surface area (Å²) in [6.45, 7) is 6.41. The number of urea groups is 1. The molecule has 0 aliphatic heterocycles. The lowest BCUT2D eigenvalue weighted by Crippen LogP contribution is -2.31. The van der Waals surface area contributed by atoms with E-state index < -0.39 is 0 Å². The van der Waals surface area contributed by atoms with E-state index in [1.165, 1.54) is 6.07 Å². The molecular formula is C11H18N4O2.